The Morgan fingerprint density at radius 1 is 1.00 bits per heavy atom. The molecule has 2 saturated heterocycles. The Balaban J connectivity index is 1.04. The molecule has 38 heavy (non-hydrogen) atoms. The average molecular weight is 537 g/mol. The first-order valence-corrected chi connectivity index (χ1v) is 14.1. The van der Waals surface area contributed by atoms with Gasteiger partial charge in [0, 0.05) is 61.9 Å². The lowest BCUT2D eigenvalue weighted by atomic mass is 9.88. The first-order chi connectivity index (χ1) is 18.5. The number of piperidine rings is 2. The predicted octanol–water partition coefficient (Wildman–Crippen LogP) is 4.85. The molecule has 0 atom stereocenters. The van der Waals surface area contributed by atoms with E-state index in [2.05, 4.69) is 4.90 Å². The fourth-order valence-electron chi connectivity index (χ4n) is 5.83. The van der Waals surface area contributed by atoms with Crippen molar-refractivity contribution in [2.24, 2.45) is 0 Å². The summed E-state index contributed by atoms with van der Waals surface area (Å²) < 4.78 is 25.0. The van der Waals surface area contributed by atoms with Crippen molar-refractivity contribution in [2.75, 3.05) is 31.9 Å². The van der Waals surface area contributed by atoms with Gasteiger partial charge in [0.15, 0.2) is 0 Å². The second-order valence-electron chi connectivity index (χ2n) is 10.3. The minimum absolute atomic E-state index is 0.355. The summed E-state index contributed by atoms with van der Waals surface area (Å²) in [6, 6.07) is 14.1. The highest BCUT2D eigenvalue weighted by atomic mass is 32.2. The van der Waals surface area contributed by atoms with Crippen LogP contribution in [0, 0.1) is 0 Å². The second-order valence-corrected chi connectivity index (χ2v) is 11.3. The van der Waals surface area contributed by atoms with Crippen molar-refractivity contribution >= 4 is 35.2 Å². The van der Waals surface area contributed by atoms with E-state index in [4.69, 9.17) is 9.47 Å². The molecule has 2 aromatic rings. The summed E-state index contributed by atoms with van der Waals surface area (Å²) in [7, 11) is 0. The molecular weight excluding hydrogens is 507 g/mol. The number of halogens is 1. The summed E-state index contributed by atoms with van der Waals surface area (Å²) >= 11 is 1.46. The molecule has 1 aliphatic carbocycles. The monoisotopic (exact) mass is 536 g/mol. The maximum absolute atomic E-state index is 12.9. The number of fused-ring (bicyclic) bond motifs is 2. The molecule has 198 valence electrons. The van der Waals surface area contributed by atoms with Crippen LogP contribution in [0.1, 0.15) is 47.2 Å². The van der Waals surface area contributed by atoms with Crippen LogP contribution >= 0.6 is 11.8 Å². The molecule has 0 bridgehead atoms. The summed E-state index contributed by atoms with van der Waals surface area (Å²) in [5.41, 5.74) is 1.27. The van der Waals surface area contributed by atoms with Crippen LogP contribution < -0.4 is 4.74 Å². The number of alkyl halides is 1. The quantitative estimate of drug-likeness (QED) is 0.519. The molecule has 2 aromatic carbocycles. The van der Waals surface area contributed by atoms with Crippen molar-refractivity contribution in [3.8, 4) is 5.75 Å². The molecule has 6 rings (SSSR count). The van der Waals surface area contributed by atoms with E-state index < -0.39 is 24.3 Å². The lowest BCUT2D eigenvalue weighted by Gasteiger charge is -2.48. The number of allylic oxidation sites excluding steroid dienone is 1. The van der Waals surface area contributed by atoms with E-state index in [9.17, 15) is 18.8 Å². The number of thioether (sulfide) groups is 1. The van der Waals surface area contributed by atoms with Gasteiger partial charge in [0.2, 0.25) is 11.6 Å². The zero-order valence-corrected chi connectivity index (χ0v) is 21.8. The molecule has 2 fully saturated rings. The zero-order chi connectivity index (χ0) is 26.3. The molecule has 4 aliphatic rings. The Labute approximate surface area is 224 Å². The number of benzene rings is 2. The average Bonchev–Trinajstić information content (AvgIpc) is 2.96. The van der Waals surface area contributed by atoms with Gasteiger partial charge in [0.1, 0.15) is 28.7 Å². The van der Waals surface area contributed by atoms with Gasteiger partial charge in [-0.05, 0) is 30.5 Å². The van der Waals surface area contributed by atoms with Crippen LogP contribution in [0.5, 0.6) is 5.75 Å². The lowest BCUT2D eigenvalue weighted by molar-refractivity contribution is -0.111. The van der Waals surface area contributed by atoms with Crippen LogP contribution in [0.4, 0.5) is 9.18 Å². The fraction of sp³-hybridized carbons (Fsp3) is 0.414. The number of nitrogens with zero attached hydrogens (tertiary/aromatic N) is 2. The normalized spacial score (nSPS) is 21.7. The van der Waals surface area contributed by atoms with Crippen molar-refractivity contribution in [1.82, 2.24) is 9.80 Å². The highest BCUT2D eigenvalue weighted by Gasteiger charge is 2.46. The van der Waals surface area contributed by atoms with E-state index in [1.54, 1.807) is 41.3 Å². The van der Waals surface area contributed by atoms with Gasteiger partial charge in [0.05, 0.1) is 0 Å². The predicted molar refractivity (Wildman–Crippen MR) is 142 cm³/mol. The van der Waals surface area contributed by atoms with Gasteiger partial charge < -0.3 is 14.4 Å². The summed E-state index contributed by atoms with van der Waals surface area (Å²) in [6.45, 7) is 2.39. The van der Waals surface area contributed by atoms with E-state index in [-0.39, 0.29) is 5.60 Å². The number of carbonyl (C=O) groups excluding carboxylic acids is 3. The van der Waals surface area contributed by atoms with Crippen LogP contribution in [0.25, 0.3) is 5.76 Å². The number of amides is 1. The molecule has 0 unspecified atom stereocenters. The number of ketones is 2. The van der Waals surface area contributed by atoms with Crippen LogP contribution in [-0.2, 0) is 16.2 Å². The van der Waals surface area contributed by atoms with Crippen molar-refractivity contribution in [1.29, 1.82) is 0 Å². The van der Waals surface area contributed by atoms with Crippen LogP contribution in [-0.4, -0.2) is 71.0 Å². The van der Waals surface area contributed by atoms with Gasteiger partial charge in [-0.2, -0.15) is 0 Å². The van der Waals surface area contributed by atoms with Gasteiger partial charge in [0.25, 0.3) is 0 Å². The smallest absolute Gasteiger partial charge is 0.415 e. The SMILES string of the molecule is O=C1C(=O)c2ccccc2C2=C1SCC1(CCN(C3CCN(C(=O)Oc4cccc(CF)c4)CC3)CC1)O2. The Bertz CT molecular complexity index is 1310. The first kappa shape index (κ1) is 25.1. The molecule has 0 radical (unpaired) electrons. The molecule has 3 heterocycles. The number of rotatable bonds is 3. The zero-order valence-electron chi connectivity index (χ0n) is 21.0. The third kappa shape index (κ3) is 4.62. The van der Waals surface area contributed by atoms with Crippen molar-refractivity contribution in [2.45, 2.75) is 44.0 Å². The third-order valence-corrected chi connectivity index (χ3v) is 9.37. The minimum atomic E-state index is -0.596. The van der Waals surface area contributed by atoms with Gasteiger partial charge in [-0.3, -0.25) is 14.5 Å². The molecule has 0 N–H and O–H groups in total. The molecular formula is C29H29FN2O5S. The number of carbonyl (C=O) groups is 3. The number of hydrogen-bond acceptors (Lipinski definition) is 7. The van der Waals surface area contributed by atoms with E-state index >= 15 is 0 Å². The van der Waals surface area contributed by atoms with E-state index in [1.165, 1.54) is 11.8 Å². The Hall–Kier alpha value is -3.17. The number of hydrogen-bond donors (Lipinski definition) is 0. The second kappa shape index (κ2) is 10.2. The van der Waals surface area contributed by atoms with E-state index in [0.717, 1.165) is 44.3 Å². The van der Waals surface area contributed by atoms with Gasteiger partial charge in [-0.25, -0.2) is 9.18 Å². The molecule has 3 aliphatic heterocycles. The molecule has 0 saturated carbocycles. The third-order valence-electron chi connectivity index (χ3n) is 8.04. The number of likely N-dealkylation sites (tertiary alicyclic amines) is 2. The van der Waals surface area contributed by atoms with Crippen molar-refractivity contribution in [3.63, 3.8) is 0 Å². The lowest BCUT2D eigenvalue weighted by Crippen LogP contribution is -2.54. The Morgan fingerprint density at radius 3 is 2.47 bits per heavy atom. The standard InChI is InChI=1S/C29H29FN2O5S/c30-17-19-4-3-5-21(16-19)36-28(35)32-12-8-20(9-13-32)31-14-10-29(11-15-31)18-38-27-25(34)24(33)22-6-1-2-7-23(22)26(27)37-29/h1-7,16,20H,8-15,17-18H2. The van der Waals surface area contributed by atoms with Crippen LogP contribution in [0.3, 0.4) is 0 Å². The van der Waals surface area contributed by atoms with Gasteiger partial charge in [-0.1, -0.05) is 36.4 Å². The number of Topliss-reactive ketones (excluding diaryl/α,β-unsaturated/α-hetero) is 2. The Kier molecular flexibility index (Phi) is 6.74. The summed E-state index contributed by atoms with van der Waals surface area (Å²) in [5.74, 6) is 0.679. The fourth-order valence-corrected chi connectivity index (χ4v) is 7.09. The summed E-state index contributed by atoms with van der Waals surface area (Å²) in [5, 5.41) is 0. The van der Waals surface area contributed by atoms with Gasteiger partial charge in [-0.15, -0.1) is 11.8 Å². The van der Waals surface area contributed by atoms with Crippen molar-refractivity contribution < 1.29 is 28.2 Å². The highest BCUT2D eigenvalue weighted by Crippen LogP contribution is 2.47. The van der Waals surface area contributed by atoms with Gasteiger partial charge >= 0.3 is 6.09 Å². The number of ether oxygens (including phenoxy) is 2. The van der Waals surface area contributed by atoms with Crippen LogP contribution in [0.15, 0.2) is 53.4 Å². The maximum Gasteiger partial charge on any atom is 0.415 e. The van der Waals surface area contributed by atoms with E-state index in [0.29, 0.717) is 52.4 Å². The molecule has 7 nitrogen and oxygen atoms in total. The minimum Gasteiger partial charge on any atom is -0.484 e. The van der Waals surface area contributed by atoms with E-state index in [1.807, 2.05) is 12.1 Å². The largest absolute Gasteiger partial charge is 0.484 e. The first-order valence-electron chi connectivity index (χ1n) is 13.1. The highest BCUT2D eigenvalue weighted by molar-refractivity contribution is 8.04. The molecule has 1 spiro atoms. The summed E-state index contributed by atoms with van der Waals surface area (Å²) in [6.07, 6.45) is 3.01. The molecule has 9 heteroatoms. The maximum atomic E-state index is 12.9. The van der Waals surface area contributed by atoms with Crippen LogP contribution in [0.2, 0.25) is 0 Å². The summed E-state index contributed by atoms with van der Waals surface area (Å²) in [4.78, 5) is 42.5. The molecule has 0 aromatic heterocycles. The molecule has 1 amide bonds. The topological polar surface area (TPSA) is 76.2 Å². The Morgan fingerprint density at radius 2 is 1.74 bits per heavy atom. The van der Waals surface area contributed by atoms with Crippen molar-refractivity contribution in [3.05, 3.63) is 70.1 Å².